The van der Waals surface area contributed by atoms with Crippen LogP contribution in [0.5, 0.6) is 5.75 Å². The molecule has 20 heavy (non-hydrogen) atoms. The zero-order valence-corrected chi connectivity index (χ0v) is 14.0. The van der Waals surface area contributed by atoms with Crippen LogP contribution in [-0.4, -0.2) is 11.6 Å². The van der Waals surface area contributed by atoms with E-state index in [4.69, 9.17) is 4.74 Å². The molecular formula is C15H15ClN2OPt. The summed E-state index contributed by atoms with van der Waals surface area (Å²) in [6.07, 6.45) is 1.91. The van der Waals surface area contributed by atoms with E-state index >= 15 is 0 Å². The third kappa shape index (κ3) is 3.48. The second-order valence-electron chi connectivity index (χ2n) is 3.96. The van der Waals surface area contributed by atoms with E-state index in [1.807, 2.05) is 31.3 Å². The van der Waals surface area contributed by atoms with Gasteiger partial charge in [-0.15, -0.1) is 0 Å². The van der Waals surface area contributed by atoms with Gasteiger partial charge in [-0.25, -0.2) is 0 Å². The summed E-state index contributed by atoms with van der Waals surface area (Å²) in [5.74, 6) is 0.901. The zero-order chi connectivity index (χ0) is 13.7. The van der Waals surface area contributed by atoms with Crippen molar-refractivity contribution in [2.75, 3.05) is 6.61 Å². The predicted octanol–water partition coefficient (Wildman–Crippen LogP) is 5.19. The van der Waals surface area contributed by atoms with Crippen LogP contribution in [0.25, 0.3) is 27.8 Å². The quantitative estimate of drug-likeness (QED) is 0.485. The number of halogens is 1. The Morgan fingerprint density at radius 1 is 1.10 bits per heavy atom. The number of hydrogen-bond acceptors (Lipinski definition) is 2. The molecule has 0 bridgehead atoms. The van der Waals surface area contributed by atoms with E-state index in [1.165, 1.54) is 5.39 Å². The maximum absolute atomic E-state index is 5.54. The summed E-state index contributed by atoms with van der Waals surface area (Å²) in [6, 6.07) is 14.3. The van der Waals surface area contributed by atoms with Crippen LogP contribution >= 0.6 is 9.42 Å². The van der Waals surface area contributed by atoms with Crippen LogP contribution < -0.4 is 4.74 Å². The molecule has 3 rings (SSSR count). The van der Waals surface area contributed by atoms with Crippen LogP contribution in [0.15, 0.2) is 48.7 Å². The van der Waals surface area contributed by atoms with E-state index in [2.05, 4.69) is 38.7 Å². The minimum atomic E-state index is 0. The van der Waals surface area contributed by atoms with E-state index in [0.29, 0.717) is 6.61 Å². The molecule has 0 atom stereocenters. The van der Waals surface area contributed by atoms with Crippen molar-refractivity contribution in [2.45, 2.75) is 6.92 Å². The molecule has 0 unspecified atom stereocenters. The first-order valence-corrected chi connectivity index (χ1v) is 8.72. The van der Waals surface area contributed by atoms with Gasteiger partial charge in [-0.05, 0) is 30.5 Å². The molecule has 3 aromatic rings. The van der Waals surface area contributed by atoms with Crippen molar-refractivity contribution in [3.05, 3.63) is 54.8 Å². The molecule has 1 aromatic heterocycles. The van der Waals surface area contributed by atoms with E-state index < -0.39 is 0 Å². The van der Waals surface area contributed by atoms with E-state index in [-0.39, 0.29) is 6.15 Å². The summed E-state index contributed by atoms with van der Waals surface area (Å²) in [5, 5.41) is 3.53. The van der Waals surface area contributed by atoms with Crippen LogP contribution in [0.1, 0.15) is 6.92 Å². The Morgan fingerprint density at radius 2 is 1.85 bits per heavy atom. The standard InChI is InChI=1S/C15H13NO.ClH.H2N.Pt/c1-2-17-12-7-8-15-14(9-12)13-6-4-3-5-11(13)10-16-15;;;/h3-10H,2H2,1H3;1H;1H2;/q;;-1;+2/p-1. The topological polar surface area (TPSA) is 55.6 Å². The Labute approximate surface area is 133 Å². The zero-order valence-electron chi connectivity index (χ0n) is 11.0. The van der Waals surface area contributed by atoms with Crippen molar-refractivity contribution in [3.63, 3.8) is 0 Å². The second-order valence-corrected chi connectivity index (χ2v) is 3.96. The Kier molecular flexibility index (Phi) is 6.93. The second kappa shape index (κ2) is 8.21. The number of nitrogens with zero attached hydrogens (tertiary/aromatic N) is 1. The average molecular weight is 470 g/mol. The first-order chi connectivity index (χ1) is 9.38. The van der Waals surface area contributed by atoms with Gasteiger partial charge in [0.05, 0.1) is 12.1 Å². The first-order valence-electron chi connectivity index (χ1n) is 5.91. The number of aromatic nitrogens is 1. The molecule has 0 amide bonds. The fourth-order valence-electron chi connectivity index (χ4n) is 2.09. The van der Waals surface area contributed by atoms with Gasteiger partial charge >= 0.3 is 28.2 Å². The average Bonchev–Trinajstić information content (AvgIpc) is 2.49. The number of nitrogens with two attached hydrogens (primary N) is 1. The summed E-state index contributed by atoms with van der Waals surface area (Å²) in [5.41, 5.74) is 1.01. The van der Waals surface area contributed by atoms with Crippen molar-refractivity contribution in [2.24, 2.45) is 0 Å². The molecule has 3 nitrogen and oxygen atoms in total. The van der Waals surface area contributed by atoms with Crippen LogP contribution in [0.2, 0.25) is 0 Å². The molecule has 5 heteroatoms. The minimum Gasteiger partial charge on any atom is -0.693 e. The molecule has 108 valence electrons. The van der Waals surface area contributed by atoms with Crippen molar-refractivity contribution < 1.29 is 23.5 Å². The summed E-state index contributed by atoms with van der Waals surface area (Å²) < 4.78 is 5.54. The molecule has 0 aliphatic rings. The first kappa shape index (κ1) is 16.9. The summed E-state index contributed by atoms with van der Waals surface area (Å²) >= 11 is 1.61. The van der Waals surface area contributed by atoms with Crippen LogP contribution in [-0.2, 0) is 18.8 Å². The maximum atomic E-state index is 5.54. The molecule has 2 N–H and O–H groups in total. The largest absolute Gasteiger partial charge is 0.693 e. The number of rotatable bonds is 2. The molecule has 1 heterocycles. The van der Waals surface area contributed by atoms with Gasteiger partial charge in [-0.1, -0.05) is 24.3 Å². The smallest absolute Gasteiger partial charge is 0.693 e. The Morgan fingerprint density at radius 3 is 2.60 bits per heavy atom. The van der Waals surface area contributed by atoms with Crippen LogP contribution in [0, 0.1) is 0 Å². The molecule has 2 aromatic carbocycles. The van der Waals surface area contributed by atoms with Gasteiger partial charge in [-0.2, -0.15) is 0 Å². The normalized spacial score (nSPS) is 9.60. The molecule has 0 saturated heterocycles. The summed E-state index contributed by atoms with van der Waals surface area (Å²) in [7, 11) is 4.61. The number of benzene rings is 2. The minimum absolute atomic E-state index is 0. The molecule has 0 spiro atoms. The number of pyridine rings is 1. The Bertz CT molecular complexity index is 691. The van der Waals surface area contributed by atoms with Gasteiger partial charge in [-0.3, -0.25) is 4.98 Å². The fourth-order valence-corrected chi connectivity index (χ4v) is 2.09. The van der Waals surface area contributed by atoms with Gasteiger partial charge in [0.1, 0.15) is 5.75 Å². The molecule has 0 aliphatic heterocycles. The number of ether oxygens (including phenoxy) is 1. The van der Waals surface area contributed by atoms with Crippen LogP contribution in [0.3, 0.4) is 0 Å². The van der Waals surface area contributed by atoms with E-state index in [9.17, 15) is 0 Å². The number of hydrogen-bond donors (Lipinski definition) is 0. The maximum Gasteiger partial charge on any atom is -0.693 e. The third-order valence-corrected chi connectivity index (χ3v) is 2.87. The monoisotopic (exact) mass is 469 g/mol. The van der Waals surface area contributed by atoms with Gasteiger partial charge in [0.2, 0.25) is 0 Å². The molecular weight excluding hydrogens is 455 g/mol. The van der Waals surface area contributed by atoms with Gasteiger partial charge in [0.15, 0.2) is 0 Å². The van der Waals surface area contributed by atoms with Crippen molar-refractivity contribution in [1.29, 1.82) is 0 Å². The Balaban J connectivity index is 0.000000639. The molecule has 0 fully saturated rings. The van der Waals surface area contributed by atoms with Gasteiger partial charge < -0.3 is 10.9 Å². The van der Waals surface area contributed by atoms with E-state index in [1.54, 1.807) is 18.8 Å². The summed E-state index contributed by atoms with van der Waals surface area (Å²) in [4.78, 5) is 4.46. The SMILES string of the molecule is CCOc1ccc2ncc3ccccc3c2c1.[Cl][Pt+].[NH2-]. The van der Waals surface area contributed by atoms with Crippen LogP contribution in [0.4, 0.5) is 0 Å². The Hall–Kier alpha value is -1.15. The molecule has 0 aliphatic carbocycles. The fraction of sp³-hybridized carbons (Fsp3) is 0.133. The third-order valence-electron chi connectivity index (χ3n) is 2.87. The van der Waals surface area contributed by atoms with Gasteiger partial charge in [0.25, 0.3) is 0 Å². The predicted molar refractivity (Wildman–Crippen MR) is 81.6 cm³/mol. The van der Waals surface area contributed by atoms with Crippen molar-refractivity contribution in [1.82, 2.24) is 4.98 Å². The molecule has 0 saturated carbocycles. The number of fused-ring (bicyclic) bond motifs is 3. The van der Waals surface area contributed by atoms with Crippen molar-refractivity contribution >= 4 is 31.1 Å². The molecule has 0 radical (unpaired) electrons. The summed E-state index contributed by atoms with van der Waals surface area (Å²) in [6.45, 7) is 2.68. The van der Waals surface area contributed by atoms with E-state index in [0.717, 1.165) is 22.0 Å². The van der Waals surface area contributed by atoms with Gasteiger partial charge in [0, 0.05) is 17.0 Å². The van der Waals surface area contributed by atoms with Crippen molar-refractivity contribution in [3.8, 4) is 5.75 Å².